The lowest BCUT2D eigenvalue weighted by molar-refractivity contribution is -0.114. The van der Waals surface area contributed by atoms with Crippen molar-refractivity contribution >= 4 is 17.3 Å². The van der Waals surface area contributed by atoms with Crippen molar-refractivity contribution in [1.82, 2.24) is 0 Å². The number of unbranched alkanes of at least 4 members (excludes halogenated alkanes) is 1. The number of hydrogen-bond acceptors (Lipinski definition) is 2. The number of rotatable bonds is 7. The summed E-state index contributed by atoms with van der Waals surface area (Å²) in [5.74, 6) is -0.427. The molecule has 2 aromatic carbocycles. The monoisotopic (exact) mass is 300 g/mol. The second-order valence-electron chi connectivity index (χ2n) is 5.21. The molecule has 0 fully saturated rings. The molecule has 0 aliphatic heterocycles. The molecular weight excluding hydrogens is 279 g/mol. The predicted molar refractivity (Wildman–Crippen MR) is 88.6 cm³/mol. The van der Waals surface area contributed by atoms with Crippen LogP contribution in [0.5, 0.6) is 0 Å². The number of carbonyl (C=O) groups is 1. The smallest absolute Gasteiger partial charge is 0.243 e. The van der Waals surface area contributed by atoms with Crippen LogP contribution >= 0.6 is 0 Å². The Bertz CT molecular complexity index is 593. The highest BCUT2D eigenvalue weighted by molar-refractivity contribution is 5.93. The zero-order valence-corrected chi connectivity index (χ0v) is 12.7. The van der Waals surface area contributed by atoms with Gasteiger partial charge in [-0.15, -0.1) is 0 Å². The first kappa shape index (κ1) is 16.0. The minimum atomic E-state index is -0.293. The zero-order chi connectivity index (χ0) is 15.8. The number of carbonyl (C=O) groups excluding carboxylic acids is 1. The van der Waals surface area contributed by atoms with Crippen LogP contribution in [0.3, 0.4) is 0 Å². The van der Waals surface area contributed by atoms with Gasteiger partial charge in [0, 0.05) is 11.4 Å². The molecule has 22 heavy (non-hydrogen) atoms. The van der Waals surface area contributed by atoms with Crippen molar-refractivity contribution in [3.05, 3.63) is 59.9 Å². The lowest BCUT2D eigenvalue weighted by Crippen LogP contribution is -2.21. The van der Waals surface area contributed by atoms with Crippen LogP contribution in [-0.2, 0) is 11.2 Å². The molecule has 0 aromatic heterocycles. The quantitative estimate of drug-likeness (QED) is 0.804. The maximum absolute atomic E-state index is 12.8. The minimum absolute atomic E-state index is 0.134. The highest BCUT2D eigenvalue weighted by Crippen LogP contribution is 2.12. The van der Waals surface area contributed by atoms with Gasteiger partial charge in [0.05, 0.1) is 6.54 Å². The van der Waals surface area contributed by atoms with E-state index in [1.807, 2.05) is 24.3 Å². The number of nitrogens with one attached hydrogen (secondary N) is 2. The van der Waals surface area contributed by atoms with Gasteiger partial charge in [-0.1, -0.05) is 25.5 Å². The lowest BCUT2D eigenvalue weighted by Gasteiger charge is -2.08. The molecule has 0 unspecified atom stereocenters. The molecular formula is C18H21FN2O. The van der Waals surface area contributed by atoms with Crippen LogP contribution in [-0.4, -0.2) is 12.5 Å². The zero-order valence-electron chi connectivity index (χ0n) is 12.7. The highest BCUT2D eigenvalue weighted by Gasteiger charge is 2.03. The second kappa shape index (κ2) is 8.17. The molecule has 0 heterocycles. The predicted octanol–water partition coefficient (Wildman–Crippen LogP) is 4.22. The standard InChI is InChI=1S/C18H21FN2O/c1-2-3-4-14-5-9-17(10-6-14)21-18(22)13-20-16-11-7-15(19)8-12-16/h5-12,20H,2-4,13H2,1H3,(H,21,22). The van der Waals surface area contributed by atoms with E-state index in [1.165, 1.54) is 30.5 Å². The average molecular weight is 300 g/mol. The molecule has 0 spiro atoms. The lowest BCUT2D eigenvalue weighted by atomic mass is 10.1. The summed E-state index contributed by atoms with van der Waals surface area (Å²) in [5, 5.41) is 5.78. The van der Waals surface area contributed by atoms with Crippen molar-refractivity contribution in [1.29, 1.82) is 0 Å². The van der Waals surface area contributed by atoms with Gasteiger partial charge in [0.15, 0.2) is 0 Å². The summed E-state index contributed by atoms with van der Waals surface area (Å²) in [4.78, 5) is 11.9. The second-order valence-corrected chi connectivity index (χ2v) is 5.21. The molecule has 2 rings (SSSR count). The average Bonchev–Trinajstić information content (AvgIpc) is 2.54. The van der Waals surface area contributed by atoms with Gasteiger partial charge in [-0.3, -0.25) is 4.79 Å². The number of halogens is 1. The van der Waals surface area contributed by atoms with E-state index in [4.69, 9.17) is 0 Å². The third-order valence-corrected chi connectivity index (χ3v) is 3.35. The van der Waals surface area contributed by atoms with E-state index in [9.17, 15) is 9.18 Å². The van der Waals surface area contributed by atoms with E-state index in [1.54, 1.807) is 12.1 Å². The van der Waals surface area contributed by atoms with E-state index in [2.05, 4.69) is 17.6 Å². The summed E-state index contributed by atoms with van der Waals surface area (Å²) >= 11 is 0. The van der Waals surface area contributed by atoms with Crippen molar-refractivity contribution in [2.45, 2.75) is 26.2 Å². The Kier molecular flexibility index (Phi) is 5.95. The first-order chi connectivity index (χ1) is 10.7. The number of amides is 1. The molecule has 0 saturated heterocycles. The normalized spacial score (nSPS) is 10.3. The van der Waals surface area contributed by atoms with Crippen LogP contribution in [0.4, 0.5) is 15.8 Å². The van der Waals surface area contributed by atoms with Crippen LogP contribution in [0, 0.1) is 5.82 Å². The first-order valence-corrected chi connectivity index (χ1v) is 7.55. The first-order valence-electron chi connectivity index (χ1n) is 7.55. The fraction of sp³-hybridized carbons (Fsp3) is 0.278. The molecule has 0 bridgehead atoms. The molecule has 4 heteroatoms. The van der Waals surface area contributed by atoms with Crippen molar-refractivity contribution in [2.75, 3.05) is 17.2 Å². The van der Waals surface area contributed by atoms with Crippen molar-refractivity contribution in [2.24, 2.45) is 0 Å². The van der Waals surface area contributed by atoms with Gasteiger partial charge in [-0.05, 0) is 54.8 Å². The SMILES string of the molecule is CCCCc1ccc(NC(=O)CNc2ccc(F)cc2)cc1. The molecule has 0 radical (unpaired) electrons. The largest absolute Gasteiger partial charge is 0.376 e. The van der Waals surface area contributed by atoms with Crippen molar-refractivity contribution in [3.63, 3.8) is 0 Å². The Hall–Kier alpha value is -2.36. The van der Waals surface area contributed by atoms with Gasteiger partial charge in [0.2, 0.25) is 5.91 Å². The molecule has 0 atom stereocenters. The number of hydrogen-bond donors (Lipinski definition) is 2. The van der Waals surface area contributed by atoms with Crippen LogP contribution in [0.25, 0.3) is 0 Å². The Labute approximate surface area is 130 Å². The summed E-state index contributed by atoms with van der Waals surface area (Å²) in [5.41, 5.74) is 2.78. The molecule has 3 nitrogen and oxygen atoms in total. The van der Waals surface area contributed by atoms with E-state index in [-0.39, 0.29) is 18.3 Å². The summed E-state index contributed by atoms with van der Waals surface area (Å²) < 4.78 is 12.8. The van der Waals surface area contributed by atoms with Gasteiger partial charge in [-0.25, -0.2) is 4.39 Å². The maximum Gasteiger partial charge on any atom is 0.243 e. The van der Waals surface area contributed by atoms with Crippen LogP contribution < -0.4 is 10.6 Å². The molecule has 0 aliphatic rings. The number of benzene rings is 2. The van der Waals surface area contributed by atoms with E-state index >= 15 is 0 Å². The number of aryl methyl sites for hydroxylation is 1. The van der Waals surface area contributed by atoms with Gasteiger partial charge in [-0.2, -0.15) is 0 Å². The fourth-order valence-corrected chi connectivity index (χ4v) is 2.09. The Morgan fingerprint density at radius 3 is 2.27 bits per heavy atom. The summed E-state index contributed by atoms with van der Waals surface area (Å²) in [6.45, 7) is 2.31. The van der Waals surface area contributed by atoms with E-state index in [0.717, 1.165) is 12.1 Å². The minimum Gasteiger partial charge on any atom is -0.376 e. The van der Waals surface area contributed by atoms with Gasteiger partial charge in [0.1, 0.15) is 5.82 Å². The Balaban J connectivity index is 1.80. The molecule has 2 N–H and O–H groups in total. The highest BCUT2D eigenvalue weighted by atomic mass is 19.1. The van der Waals surface area contributed by atoms with Crippen LogP contribution in [0.1, 0.15) is 25.3 Å². The third kappa shape index (κ3) is 5.20. The van der Waals surface area contributed by atoms with Crippen LogP contribution in [0.15, 0.2) is 48.5 Å². The molecule has 2 aromatic rings. The summed E-state index contributed by atoms with van der Waals surface area (Å²) in [7, 11) is 0. The molecule has 0 saturated carbocycles. The maximum atomic E-state index is 12.8. The summed E-state index contributed by atoms with van der Waals surface area (Å²) in [6, 6.07) is 13.8. The van der Waals surface area contributed by atoms with Crippen molar-refractivity contribution < 1.29 is 9.18 Å². The molecule has 0 aliphatic carbocycles. The van der Waals surface area contributed by atoms with Crippen LogP contribution in [0.2, 0.25) is 0 Å². The number of anilines is 2. The van der Waals surface area contributed by atoms with Gasteiger partial charge < -0.3 is 10.6 Å². The molecule has 1 amide bonds. The Morgan fingerprint density at radius 1 is 1.00 bits per heavy atom. The van der Waals surface area contributed by atoms with E-state index < -0.39 is 0 Å². The fourth-order valence-electron chi connectivity index (χ4n) is 2.09. The van der Waals surface area contributed by atoms with Gasteiger partial charge in [0.25, 0.3) is 0 Å². The molecule has 116 valence electrons. The third-order valence-electron chi connectivity index (χ3n) is 3.35. The van der Waals surface area contributed by atoms with E-state index in [0.29, 0.717) is 5.69 Å². The van der Waals surface area contributed by atoms with Gasteiger partial charge >= 0.3 is 0 Å². The van der Waals surface area contributed by atoms with Crippen molar-refractivity contribution in [3.8, 4) is 0 Å². The Morgan fingerprint density at radius 2 is 1.64 bits per heavy atom. The topological polar surface area (TPSA) is 41.1 Å². The summed E-state index contributed by atoms with van der Waals surface area (Å²) in [6.07, 6.45) is 3.41.